The van der Waals surface area contributed by atoms with Crippen LogP contribution in [0, 0.1) is 13.8 Å². The lowest BCUT2D eigenvalue weighted by Crippen LogP contribution is -2.78. The summed E-state index contributed by atoms with van der Waals surface area (Å²) in [6.45, 7) is 4.45. The second-order valence-corrected chi connectivity index (χ2v) is 17.1. The van der Waals surface area contributed by atoms with Gasteiger partial charge in [-0.15, -0.1) is 0 Å². The standard InChI is InChI=1S/C44H30N2OSi/c1-27-18-22-35-42(24-27)48(40-16-7-5-14-38(40)47-39-15-6-8-17-41(39)48)43-25-28(2)19-23-36(43)45(35)29-20-21-31-33-12-9-11-32-30-10-3-4-13-34(30)46(44(32)33)37(31)26-29/h3-26H,1-2H3. The fourth-order valence-corrected chi connectivity index (χ4v) is 14.5. The van der Waals surface area contributed by atoms with E-state index in [2.05, 4.69) is 169 Å². The lowest BCUT2D eigenvalue weighted by atomic mass is 10.1. The summed E-state index contributed by atoms with van der Waals surface area (Å²) in [5, 5.41) is 10.6. The van der Waals surface area contributed by atoms with Crippen LogP contribution in [0.25, 0.3) is 38.1 Å². The SMILES string of the molecule is Cc1ccc2c(c1)[Si]1(c3ccccc3Oc3ccccc31)c1cc(C)ccc1N2c1ccc2c3cccc4c5ccccc5n(c2c1)c43. The van der Waals surface area contributed by atoms with Crippen molar-refractivity contribution in [2.45, 2.75) is 13.8 Å². The highest BCUT2D eigenvalue weighted by molar-refractivity contribution is 7.22. The second kappa shape index (κ2) is 9.15. The molecule has 11 rings (SSSR count). The molecule has 48 heavy (non-hydrogen) atoms. The van der Waals surface area contributed by atoms with E-state index in [0.29, 0.717) is 0 Å². The van der Waals surface area contributed by atoms with Crippen LogP contribution in [0.3, 0.4) is 0 Å². The number of benzene rings is 7. The molecule has 0 fully saturated rings. The van der Waals surface area contributed by atoms with Gasteiger partial charge in [0, 0.05) is 38.6 Å². The van der Waals surface area contributed by atoms with E-state index in [1.54, 1.807) is 0 Å². The maximum absolute atomic E-state index is 6.66. The highest BCUT2D eigenvalue weighted by atomic mass is 28.3. The number of hydrogen-bond donors (Lipinski definition) is 0. The monoisotopic (exact) mass is 630 g/mol. The minimum Gasteiger partial charge on any atom is -0.458 e. The Labute approximate surface area is 279 Å². The van der Waals surface area contributed by atoms with Crippen LogP contribution in [0.1, 0.15) is 11.1 Å². The first-order valence-corrected chi connectivity index (χ1v) is 18.7. The van der Waals surface area contributed by atoms with E-state index in [0.717, 1.165) is 11.5 Å². The van der Waals surface area contributed by atoms with Crippen LogP contribution in [0.15, 0.2) is 146 Å². The summed E-state index contributed by atoms with van der Waals surface area (Å²) < 4.78 is 9.14. The first kappa shape index (κ1) is 26.3. The van der Waals surface area contributed by atoms with Gasteiger partial charge in [-0.2, -0.15) is 0 Å². The minimum absolute atomic E-state index is 0.968. The van der Waals surface area contributed by atoms with Crippen LogP contribution in [-0.4, -0.2) is 12.5 Å². The number of hydrogen-bond acceptors (Lipinski definition) is 2. The normalized spacial score (nSPS) is 14.3. The Morgan fingerprint density at radius 2 is 1.02 bits per heavy atom. The van der Waals surface area contributed by atoms with Gasteiger partial charge in [-0.05, 0) is 77.1 Å². The molecular formula is C44H30N2OSi. The first-order chi connectivity index (χ1) is 23.6. The van der Waals surface area contributed by atoms with Crippen molar-refractivity contribution in [3.63, 3.8) is 0 Å². The lowest BCUT2D eigenvalue weighted by Gasteiger charge is -2.47. The molecule has 0 bridgehead atoms. The van der Waals surface area contributed by atoms with Crippen molar-refractivity contribution >= 4 is 84.0 Å². The third-order valence-electron chi connectivity index (χ3n) is 10.9. The zero-order valence-corrected chi connectivity index (χ0v) is 27.7. The van der Waals surface area contributed by atoms with Crippen molar-refractivity contribution in [2.24, 2.45) is 0 Å². The summed E-state index contributed by atoms with van der Waals surface area (Å²) in [7, 11) is -2.80. The molecule has 0 amide bonds. The smallest absolute Gasteiger partial charge is 0.192 e. The number of anilines is 3. The Balaban J connectivity index is 1.27. The summed E-state index contributed by atoms with van der Waals surface area (Å²) in [4.78, 5) is 2.52. The average molecular weight is 631 g/mol. The van der Waals surface area contributed by atoms with Gasteiger partial charge in [0.25, 0.3) is 0 Å². The number of aromatic nitrogens is 1. The van der Waals surface area contributed by atoms with E-state index in [9.17, 15) is 0 Å². The molecule has 0 unspecified atom stereocenters. The molecule has 4 heterocycles. The van der Waals surface area contributed by atoms with Crippen LogP contribution < -0.4 is 30.4 Å². The summed E-state index contributed by atoms with van der Waals surface area (Å²) in [6.07, 6.45) is 0. The lowest BCUT2D eigenvalue weighted by molar-refractivity contribution is 0.487. The van der Waals surface area contributed by atoms with Gasteiger partial charge >= 0.3 is 0 Å². The Morgan fingerprint density at radius 3 is 1.69 bits per heavy atom. The van der Waals surface area contributed by atoms with Gasteiger partial charge in [-0.3, -0.25) is 0 Å². The van der Waals surface area contributed by atoms with Gasteiger partial charge in [-0.1, -0.05) is 114 Å². The van der Waals surface area contributed by atoms with Crippen molar-refractivity contribution < 1.29 is 4.74 Å². The molecule has 4 heteroatoms. The van der Waals surface area contributed by atoms with Gasteiger partial charge in [0.2, 0.25) is 0 Å². The summed E-state index contributed by atoms with van der Waals surface area (Å²) in [6, 6.07) is 54.3. The average Bonchev–Trinajstić information content (AvgIpc) is 3.64. The molecule has 0 aliphatic carbocycles. The third-order valence-corrected chi connectivity index (χ3v) is 15.7. The van der Waals surface area contributed by atoms with Crippen molar-refractivity contribution in [1.29, 1.82) is 0 Å². The predicted octanol–water partition coefficient (Wildman–Crippen LogP) is 8.72. The van der Waals surface area contributed by atoms with E-state index < -0.39 is 8.07 Å². The van der Waals surface area contributed by atoms with Crippen molar-refractivity contribution in [1.82, 2.24) is 4.40 Å². The summed E-state index contributed by atoms with van der Waals surface area (Å²) >= 11 is 0. The highest BCUT2D eigenvalue weighted by Gasteiger charge is 2.53. The fraction of sp³-hybridized carbons (Fsp3) is 0.0455. The van der Waals surface area contributed by atoms with E-state index in [1.807, 2.05) is 0 Å². The van der Waals surface area contributed by atoms with E-state index in [1.165, 1.54) is 87.0 Å². The maximum Gasteiger partial charge on any atom is 0.192 e. The molecule has 0 atom stereocenters. The number of para-hydroxylation sites is 4. The molecule has 0 saturated heterocycles. The van der Waals surface area contributed by atoms with Gasteiger partial charge < -0.3 is 14.0 Å². The van der Waals surface area contributed by atoms with Crippen LogP contribution >= 0.6 is 0 Å². The molecule has 7 aromatic carbocycles. The molecule has 2 aliphatic rings. The molecule has 3 nitrogen and oxygen atoms in total. The quantitative estimate of drug-likeness (QED) is 0.169. The highest BCUT2D eigenvalue weighted by Crippen LogP contribution is 2.45. The molecule has 0 radical (unpaired) electrons. The van der Waals surface area contributed by atoms with Crippen LogP contribution in [-0.2, 0) is 0 Å². The van der Waals surface area contributed by atoms with Crippen molar-refractivity contribution in [2.75, 3.05) is 4.90 Å². The molecule has 0 saturated carbocycles. The van der Waals surface area contributed by atoms with Gasteiger partial charge in [-0.25, -0.2) is 0 Å². The predicted molar refractivity (Wildman–Crippen MR) is 203 cm³/mol. The zero-order valence-electron chi connectivity index (χ0n) is 26.7. The fourth-order valence-electron chi connectivity index (χ4n) is 8.98. The molecule has 1 spiro atoms. The topological polar surface area (TPSA) is 16.9 Å². The number of fused-ring (bicyclic) bond motifs is 14. The number of ether oxygens (including phenoxy) is 1. The number of nitrogens with zero attached hydrogens (tertiary/aromatic N) is 2. The first-order valence-electron chi connectivity index (χ1n) is 16.7. The zero-order chi connectivity index (χ0) is 31.7. The van der Waals surface area contributed by atoms with E-state index >= 15 is 0 Å². The molecule has 2 aromatic heterocycles. The number of rotatable bonds is 1. The number of aryl methyl sites for hydroxylation is 2. The van der Waals surface area contributed by atoms with Crippen LogP contribution in [0.5, 0.6) is 11.5 Å². The largest absolute Gasteiger partial charge is 0.458 e. The van der Waals surface area contributed by atoms with Gasteiger partial charge in [0.05, 0.1) is 16.6 Å². The summed E-state index contributed by atoms with van der Waals surface area (Å²) in [5.41, 5.74) is 9.98. The Bertz CT molecular complexity index is 2710. The molecule has 9 aromatic rings. The Kier molecular flexibility index (Phi) is 5.01. The molecular weight excluding hydrogens is 601 g/mol. The molecule has 0 N–H and O–H groups in total. The van der Waals surface area contributed by atoms with Crippen LogP contribution in [0.4, 0.5) is 17.1 Å². The third kappa shape index (κ3) is 3.13. The van der Waals surface area contributed by atoms with Crippen molar-refractivity contribution in [3.8, 4) is 11.5 Å². The van der Waals surface area contributed by atoms with E-state index in [-0.39, 0.29) is 0 Å². The Hall–Kier alpha value is -5.84. The van der Waals surface area contributed by atoms with Gasteiger partial charge in [0.1, 0.15) is 11.5 Å². The molecule has 226 valence electrons. The summed E-state index contributed by atoms with van der Waals surface area (Å²) in [5.74, 6) is 1.94. The maximum atomic E-state index is 6.66. The Morgan fingerprint density at radius 1 is 0.458 bits per heavy atom. The van der Waals surface area contributed by atoms with Crippen LogP contribution in [0.2, 0.25) is 0 Å². The van der Waals surface area contributed by atoms with Crippen molar-refractivity contribution in [3.05, 3.63) is 157 Å². The van der Waals surface area contributed by atoms with Gasteiger partial charge in [0.15, 0.2) is 8.07 Å². The minimum atomic E-state index is -2.80. The second-order valence-electron chi connectivity index (χ2n) is 13.5. The molecule has 2 aliphatic heterocycles. The van der Waals surface area contributed by atoms with E-state index in [4.69, 9.17) is 4.74 Å².